The number of nitrogens with two attached hydrogens (primary N) is 1. The van der Waals surface area contributed by atoms with Crippen LogP contribution in [0.15, 0.2) is 24.3 Å². The number of anilines is 1. The van der Waals surface area contributed by atoms with Crippen molar-refractivity contribution in [1.82, 2.24) is 0 Å². The van der Waals surface area contributed by atoms with Crippen LogP contribution in [0.5, 0.6) is 0 Å². The van der Waals surface area contributed by atoms with E-state index in [0.717, 1.165) is 6.42 Å². The molecule has 0 radical (unpaired) electrons. The lowest BCUT2D eigenvalue weighted by Crippen LogP contribution is -2.30. The van der Waals surface area contributed by atoms with Crippen LogP contribution in [0.1, 0.15) is 39.2 Å². The van der Waals surface area contributed by atoms with E-state index in [2.05, 4.69) is 5.32 Å². The minimum Gasteiger partial charge on any atom is -0.364 e. The minimum atomic E-state index is -3.23. The highest BCUT2D eigenvalue weighted by molar-refractivity contribution is 7.91. The van der Waals surface area contributed by atoms with Gasteiger partial charge in [0, 0.05) is 12.2 Å². The summed E-state index contributed by atoms with van der Waals surface area (Å²) in [6.45, 7) is 5.48. The molecule has 2 atom stereocenters. The molecule has 0 bridgehead atoms. The molecule has 1 amide bonds. The van der Waals surface area contributed by atoms with Crippen molar-refractivity contribution in [2.45, 2.75) is 56.3 Å². The number of sulfone groups is 1. The Morgan fingerprint density at radius 3 is 2.38 bits per heavy atom. The van der Waals surface area contributed by atoms with Crippen LogP contribution in [0.25, 0.3) is 0 Å². The van der Waals surface area contributed by atoms with Gasteiger partial charge in [0.2, 0.25) is 0 Å². The summed E-state index contributed by atoms with van der Waals surface area (Å²) in [4.78, 5) is 12.1. The van der Waals surface area contributed by atoms with E-state index in [0.29, 0.717) is 24.2 Å². The van der Waals surface area contributed by atoms with Gasteiger partial charge in [-0.05, 0) is 51.3 Å². The van der Waals surface area contributed by atoms with Crippen LogP contribution in [0.2, 0.25) is 0 Å². The normalized spacial score (nSPS) is 21.7. The molecule has 1 aliphatic heterocycles. The van der Waals surface area contributed by atoms with Gasteiger partial charge in [0.05, 0.1) is 16.6 Å². The molecule has 1 saturated heterocycles. The summed E-state index contributed by atoms with van der Waals surface area (Å²) >= 11 is 0. The third-order valence-electron chi connectivity index (χ3n) is 4.17. The predicted octanol–water partition coefficient (Wildman–Crippen LogP) is 1.84. The van der Waals surface area contributed by atoms with Gasteiger partial charge in [0.25, 0.3) is 5.91 Å². The van der Waals surface area contributed by atoms with Gasteiger partial charge in [-0.1, -0.05) is 12.1 Å². The molecule has 0 aromatic heterocycles. The molecule has 7 heteroatoms. The first-order valence-electron chi connectivity index (χ1n) is 8.10. The first-order valence-corrected chi connectivity index (χ1v) is 9.75. The second-order valence-electron chi connectivity index (χ2n) is 7.12. The molecule has 1 fully saturated rings. The Balaban J connectivity index is 1.96. The highest BCUT2D eigenvalue weighted by Crippen LogP contribution is 2.23. The van der Waals surface area contributed by atoms with Crippen LogP contribution in [0, 0.1) is 0 Å². The van der Waals surface area contributed by atoms with E-state index in [1.807, 2.05) is 0 Å². The Bertz CT molecular complexity index is 678. The van der Waals surface area contributed by atoms with Crippen molar-refractivity contribution < 1.29 is 17.9 Å². The number of amides is 1. The number of ether oxygens (including phenoxy) is 1. The Hall–Kier alpha value is -1.44. The van der Waals surface area contributed by atoms with E-state index >= 15 is 0 Å². The zero-order valence-corrected chi connectivity index (χ0v) is 15.2. The number of rotatable bonds is 5. The van der Waals surface area contributed by atoms with Gasteiger partial charge in [0.15, 0.2) is 9.84 Å². The molecular weight excluding hydrogens is 328 g/mol. The van der Waals surface area contributed by atoms with E-state index in [1.165, 1.54) is 0 Å². The van der Waals surface area contributed by atoms with Crippen molar-refractivity contribution in [3.05, 3.63) is 29.8 Å². The Morgan fingerprint density at radius 1 is 1.25 bits per heavy atom. The maximum Gasteiger partial charge on any atom is 0.253 e. The summed E-state index contributed by atoms with van der Waals surface area (Å²) in [7, 11) is -3.23. The van der Waals surface area contributed by atoms with Crippen molar-refractivity contribution in [1.29, 1.82) is 0 Å². The molecule has 24 heavy (non-hydrogen) atoms. The fourth-order valence-electron chi connectivity index (χ4n) is 2.41. The monoisotopic (exact) mass is 354 g/mol. The highest BCUT2D eigenvalue weighted by Gasteiger charge is 2.30. The van der Waals surface area contributed by atoms with Crippen LogP contribution in [0.3, 0.4) is 0 Å². The van der Waals surface area contributed by atoms with Crippen molar-refractivity contribution in [2.24, 2.45) is 5.73 Å². The predicted molar refractivity (Wildman–Crippen MR) is 94.4 cm³/mol. The summed E-state index contributed by atoms with van der Waals surface area (Å²) in [6.07, 6.45) is 0.929. The van der Waals surface area contributed by atoms with E-state index in [1.54, 1.807) is 45.0 Å². The van der Waals surface area contributed by atoms with Gasteiger partial charge in [-0.3, -0.25) is 4.79 Å². The fourth-order valence-corrected chi connectivity index (χ4v) is 3.48. The van der Waals surface area contributed by atoms with Gasteiger partial charge in [-0.15, -0.1) is 0 Å². The number of nitrogens with one attached hydrogen (secondary N) is 1. The third-order valence-corrected chi connectivity index (χ3v) is 6.75. The highest BCUT2D eigenvalue weighted by atomic mass is 32.2. The molecule has 0 unspecified atom stereocenters. The van der Waals surface area contributed by atoms with E-state index in [-0.39, 0.29) is 17.8 Å². The quantitative estimate of drug-likeness (QED) is 0.841. The second kappa shape index (κ2) is 7.21. The molecule has 6 nitrogen and oxygen atoms in total. The van der Waals surface area contributed by atoms with E-state index in [9.17, 15) is 13.2 Å². The second-order valence-corrected chi connectivity index (χ2v) is 9.86. The summed E-state index contributed by atoms with van der Waals surface area (Å²) in [5.41, 5.74) is 6.86. The Labute approximate surface area is 143 Å². The first-order chi connectivity index (χ1) is 11.1. The van der Waals surface area contributed by atoms with Gasteiger partial charge >= 0.3 is 0 Å². The molecule has 3 N–H and O–H groups in total. The van der Waals surface area contributed by atoms with E-state index < -0.39 is 20.7 Å². The lowest BCUT2D eigenvalue weighted by molar-refractivity contribution is -0.126. The molecule has 1 aromatic rings. The smallest absolute Gasteiger partial charge is 0.253 e. The summed E-state index contributed by atoms with van der Waals surface area (Å²) in [6, 6.07) is 6.86. The van der Waals surface area contributed by atoms with Crippen molar-refractivity contribution in [2.75, 3.05) is 11.9 Å². The molecule has 0 aliphatic carbocycles. The number of benzene rings is 1. The summed E-state index contributed by atoms with van der Waals surface area (Å²) in [5, 5.41) is 2.79. The van der Waals surface area contributed by atoms with Crippen LogP contribution in [0.4, 0.5) is 5.69 Å². The van der Waals surface area contributed by atoms with Gasteiger partial charge in [-0.2, -0.15) is 0 Å². The molecule has 1 aliphatic rings. The molecule has 0 spiro atoms. The van der Waals surface area contributed by atoms with Crippen LogP contribution < -0.4 is 11.1 Å². The molecule has 0 saturated carbocycles. The van der Waals surface area contributed by atoms with Crippen LogP contribution >= 0.6 is 0 Å². The number of carbonyl (C=O) groups excluding carboxylic acids is 1. The Morgan fingerprint density at radius 2 is 1.88 bits per heavy atom. The SMILES string of the molecule is CC(C)(C)S(=O)(=O)Cc1ccc(NC(=O)[C@@H]2CC[C@H](CN)O2)cc1. The van der Waals surface area contributed by atoms with Crippen molar-refractivity contribution >= 4 is 21.4 Å². The lowest BCUT2D eigenvalue weighted by Gasteiger charge is -2.19. The molecule has 1 heterocycles. The first kappa shape index (κ1) is 18.9. The van der Waals surface area contributed by atoms with Gasteiger partial charge < -0.3 is 15.8 Å². The topological polar surface area (TPSA) is 98.5 Å². The lowest BCUT2D eigenvalue weighted by atomic mass is 10.2. The van der Waals surface area contributed by atoms with Crippen LogP contribution in [-0.2, 0) is 25.1 Å². The maximum atomic E-state index is 12.2. The zero-order valence-electron chi connectivity index (χ0n) is 14.4. The summed E-state index contributed by atoms with van der Waals surface area (Å²) < 4.78 is 29.2. The average molecular weight is 354 g/mol. The standard InChI is InChI=1S/C17H26N2O4S/c1-17(2,3)24(21,22)11-12-4-6-13(7-5-12)19-16(20)15-9-8-14(10-18)23-15/h4-7,14-15H,8-11,18H2,1-3H3,(H,19,20)/t14-,15+/m1/s1. The van der Waals surface area contributed by atoms with Crippen molar-refractivity contribution in [3.8, 4) is 0 Å². The number of carbonyl (C=O) groups is 1. The van der Waals surface area contributed by atoms with Crippen LogP contribution in [-0.4, -0.2) is 37.8 Å². The number of hydrogen-bond donors (Lipinski definition) is 2. The fraction of sp³-hybridized carbons (Fsp3) is 0.588. The molecular formula is C17H26N2O4S. The van der Waals surface area contributed by atoms with Gasteiger partial charge in [0.1, 0.15) is 6.10 Å². The molecule has 1 aromatic carbocycles. The molecule has 134 valence electrons. The zero-order chi connectivity index (χ0) is 18.0. The summed E-state index contributed by atoms with van der Waals surface area (Å²) in [5.74, 6) is -0.213. The average Bonchev–Trinajstić information content (AvgIpc) is 2.97. The maximum absolute atomic E-state index is 12.2. The molecule has 2 rings (SSSR count). The van der Waals surface area contributed by atoms with E-state index in [4.69, 9.17) is 10.5 Å². The third kappa shape index (κ3) is 4.55. The number of hydrogen-bond acceptors (Lipinski definition) is 5. The van der Waals surface area contributed by atoms with Gasteiger partial charge in [-0.25, -0.2) is 8.42 Å². The Kier molecular flexibility index (Phi) is 5.67. The van der Waals surface area contributed by atoms with Crippen molar-refractivity contribution in [3.63, 3.8) is 0 Å². The largest absolute Gasteiger partial charge is 0.364 e. The minimum absolute atomic E-state index is 0.0192.